The molecule has 0 amide bonds. The van der Waals surface area contributed by atoms with Gasteiger partial charge in [0, 0.05) is 24.5 Å². The van der Waals surface area contributed by atoms with E-state index in [0.717, 1.165) is 24.5 Å². The van der Waals surface area contributed by atoms with Crippen LogP contribution in [0.4, 0.5) is 0 Å². The maximum atomic E-state index is 12.1. The smallest absolute Gasteiger partial charge is 0.250 e. The van der Waals surface area contributed by atoms with Gasteiger partial charge in [-0.3, -0.25) is 0 Å². The number of hydrogen-bond donors (Lipinski definition) is 2. The van der Waals surface area contributed by atoms with Crippen LogP contribution < -0.4 is 10.5 Å². The van der Waals surface area contributed by atoms with Gasteiger partial charge >= 0.3 is 0 Å². The van der Waals surface area contributed by atoms with Crippen LogP contribution in [0.25, 0.3) is 0 Å². The van der Waals surface area contributed by atoms with Gasteiger partial charge < -0.3 is 10.6 Å². The molecule has 1 aliphatic rings. The number of rotatable bonds is 7. The number of likely N-dealkylation sites (tertiary alicyclic amines) is 1. The molecular formula is C13H23N3O2S2. The average Bonchev–Trinajstić information content (AvgIpc) is 3.07. The molecule has 1 fully saturated rings. The first-order valence-corrected chi connectivity index (χ1v) is 9.32. The molecule has 20 heavy (non-hydrogen) atoms. The first-order chi connectivity index (χ1) is 9.51. The maximum absolute atomic E-state index is 12.1. The SMILES string of the molecule is CC(CNS(=O)(=O)c1ccc(CN)s1)CN1CCCC1. The topological polar surface area (TPSA) is 75.4 Å². The number of thiophene rings is 1. The standard InChI is InChI=1S/C13H23N3O2S2/c1-11(10-16-6-2-3-7-16)9-15-20(17,18)13-5-4-12(8-14)19-13/h4-5,11,15H,2-3,6-10,14H2,1H3. The van der Waals surface area contributed by atoms with Crippen LogP contribution in [0.5, 0.6) is 0 Å². The second kappa shape index (κ2) is 7.00. The summed E-state index contributed by atoms with van der Waals surface area (Å²) >= 11 is 1.24. The molecule has 3 N–H and O–H groups in total. The summed E-state index contributed by atoms with van der Waals surface area (Å²) in [6.45, 7) is 6.19. The van der Waals surface area contributed by atoms with E-state index in [1.54, 1.807) is 12.1 Å². The first-order valence-electron chi connectivity index (χ1n) is 7.02. The third-order valence-electron chi connectivity index (χ3n) is 3.49. The van der Waals surface area contributed by atoms with E-state index in [0.29, 0.717) is 23.2 Å². The minimum absolute atomic E-state index is 0.316. The molecule has 1 atom stereocenters. The Hall–Kier alpha value is -0.470. The van der Waals surface area contributed by atoms with Crippen molar-refractivity contribution in [1.29, 1.82) is 0 Å². The van der Waals surface area contributed by atoms with Gasteiger partial charge in [0.1, 0.15) is 4.21 Å². The van der Waals surface area contributed by atoms with Crippen molar-refractivity contribution in [2.75, 3.05) is 26.2 Å². The monoisotopic (exact) mass is 317 g/mol. The zero-order valence-electron chi connectivity index (χ0n) is 11.8. The molecule has 2 heterocycles. The highest BCUT2D eigenvalue weighted by molar-refractivity contribution is 7.91. The first kappa shape index (κ1) is 15.9. The van der Waals surface area contributed by atoms with Gasteiger partial charge in [0.2, 0.25) is 10.0 Å². The molecule has 1 saturated heterocycles. The lowest BCUT2D eigenvalue weighted by atomic mass is 10.2. The summed E-state index contributed by atoms with van der Waals surface area (Å²) in [6, 6.07) is 3.40. The molecule has 0 bridgehead atoms. The summed E-state index contributed by atoms with van der Waals surface area (Å²) in [4.78, 5) is 3.28. The Morgan fingerprint density at radius 1 is 1.40 bits per heavy atom. The lowest BCUT2D eigenvalue weighted by Gasteiger charge is -2.20. The maximum Gasteiger partial charge on any atom is 0.250 e. The Labute approximate surface area is 125 Å². The summed E-state index contributed by atoms with van der Waals surface area (Å²) < 4.78 is 27.4. The van der Waals surface area contributed by atoms with Gasteiger partial charge in [-0.05, 0) is 44.0 Å². The highest BCUT2D eigenvalue weighted by atomic mass is 32.2. The van der Waals surface area contributed by atoms with Gasteiger partial charge in [0.25, 0.3) is 0 Å². The summed E-state index contributed by atoms with van der Waals surface area (Å²) in [5.41, 5.74) is 5.51. The van der Waals surface area contributed by atoms with E-state index in [2.05, 4.69) is 16.5 Å². The molecule has 1 unspecified atom stereocenters. The number of nitrogens with zero attached hydrogens (tertiary/aromatic N) is 1. The van der Waals surface area contributed by atoms with Crippen molar-refractivity contribution in [3.63, 3.8) is 0 Å². The van der Waals surface area contributed by atoms with Crippen LogP contribution >= 0.6 is 11.3 Å². The van der Waals surface area contributed by atoms with Crippen molar-refractivity contribution >= 4 is 21.4 Å². The quantitative estimate of drug-likeness (QED) is 0.793. The molecule has 5 nitrogen and oxygen atoms in total. The predicted octanol–water partition coefficient (Wildman–Crippen LogP) is 1.22. The molecule has 7 heteroatoms. The van der Waals surface area contributed by atoms with Crippen molar-refractivity contribution in [3.8, 4) is 0 Å². The van der Waals surface area contributed by atoms with Gasteiger partial charge in [-0.2, -0.15) is 0 Å². The fourth-order valence-corrected chi connectivity index (χ4v) is 4.85. The molecule has 0 aliphatic carbocycles. The Morgan fingerprint density at radius 3 is 2.70 bits per heavy atom. The van der Waals surface area contributed by atoms with Crippen LogP contribution in [0.1, 0.15) is 24.6 Å². The van der Waals surface area contributed by atoms with E-state index in [1.807, 2.05) is 0 Å². The van der Waals surface area contributed by atoms with Crippen LogP contribution in [0.2, 0.25) is 0 Å². The van der Waals surface area contributed by atoms with Crippen LogP contribution in [0.3, 0.4) is 0 Å². The van der Waals surface area contributed by atoms with Crippen molar-refractivity contribution < 1.29 is 8.42 Å². The second-order valence-electron chi connectivity index (χ2n) is 5.39. The van der Waals surface area contributed by atoms with Crippen LogP contribution in [0.15, 0.2) is 16.3 Å². The van der Waals surface area contributed by atoms with E-state index in [4.69, 9.17) is 5.73 Å². The fraction of sp³-hybridized carbons (Fsp3) is 0.692. The van der Waals surface area contributed by atoms with E-state index >= 15 is 0 Å². The number of nitrogens with two attached hydrogens (primary N) is 1. The van der Waals surface area contributed by atoms with Gasteiger partial charge in [0.15, 0.2) is 0 Å². The molecule has 0 aromatic carbocycles. The Bertz CT molecular complexity index is 521. The van der Waals surface area contributed by atoms with Crippen LogP contribution in [-0.2, 0) is 16.6 Å². The third-order valence-corrected chi connectivity index (χ3v) is 6.52. The number of hydrogen-bond acceptors (Lipinski definition) is 5. The summed E-state index contributed by atoms with van der Waals surface area (Å²) in [5, 5.41) is 0. The van der Waals surface area contributed by atoms with Gasteiger partial charge in [-0.25, -0.2) is 13.1 Å². The molecule has 1 aromatic rings. The number of nitrogens with one attached hydrogen (secondary N) is 1. The minimum atomic E-state index is -3.38. The minimum Gasteiger partial charge on any atom is -0.326 e. The average molecular weight is 317 g/mol. The molecule has 0 radical (unpaired) electrons. The highest BCUT2D eigenvalue weighted by Crippen LogP contribution is 2.21. The molecule has 114 valence electrons. The summed E-state index contributed by atoms with van der Waals surface area (Å²) in [7, 11) is -3.38. The summed E-state index contributed by atoms with van der Waals surface area (Å²) in [5.74, 6) is 0.316. The van der Waals surface area contributed by atoms with Crippen molar-refractivity contribution in [3.05, 3.63) is 17.0 Å². The van der Waals surface area contributed by atoms with E-state index < -0.39 is 10.0 Å². The largest absolute Gasteiger partial charge is 0.326 e. The van der Waals surface area contributed by atoms with E-state index in [1.165, 1.54) is 24.2 Å². The Balaban J connectivity index is 1.85. The fourth-order valence-electron chi connectivity index (χ4n) is 2.41. The molecular weight excluding hydrogens is 294 g/mol. The van der Waals surface area contributed by atoms with Crippen LogP contribution in [0, 0.1) is 5.92 Å². The molecule has 1 aromatic heterocycles. The predicted molar refractivity (Wildman–Crippen MR) is 82.2 cm³/mol. The lowest BCUT2D eigenvalue weighted by molar-refractivity contribution is 0.288. The molecule has 0 saturated carbocycles. The van der Waals surface area contributed by atoms with E-state index in [9.17, 15) is 8.42 Å². The van der Waals surface area contributed by atoms with E-state index in [-0.39, 0.29) is 0 Å². The highest BCUT2D eigenvalue weighted by Gasteiger charge is 2.19. The summed E-state index contributed by atoms with van der Waals surface area (Å²) in [6.07, 6.45) is 2.52. The molecule has 2 rings (SSSR count). The number of sulfonamides is 1. The molecule has 0 spiro atoms. The Morgan fingerprint density at radius 2 is 2.10 bits per heavy atom. The van der Waals surface area contributed by atoms with Crippen molar-refractivity contribution in [2.24, 2.45) is 11.7 Å². The van der Waals surface area contributed by atoms with Crippen molar-refractivity contribution in [2.45, 2.75) is 30.5 Å². The third kappa shape index (κ3) is 4.26. The lowest BCUT2D eigenvalue weighted by Crippen LogP contribution is -2.34. The van der Waals surface area contributed by atoms with Crippen LogP contribution in [-0.4, -0.2) is 39.5 Å². The van der Waals surface area contributed by atoms with Gasteiger partial charge in [-0.15, -0.1) is 11.3 Å². The second-order valence-corrected chi connectivity index (χ2v) is 8.55. The molecule has 1 aliphatic heterocycles. The Kier molecular flexibility index (Phi) is 5.57. The van der Waals surface area contributed by atoms with Gasteiger partial charge in [-0.1, -0.05) is 6.92 Å². The van der Waals surface area contributed by atoms with Crippen molar-refractivity contribution in [1.82, 2.24) is 9.62 Å². The zero-order valence-corrected chi connectivity index (χ0v) is 13.5. The van der Waals surface area contributed by atoms with Gasteiger partial charge in [0.05, 0.1) is 0 Å². The zero-order chi connectivity index (χ0) is 14.6. The normalized spacial score (nSPS) is 18.5.